The fraction of sp³-hybridized carbons (Fsp3) is 0.0161. The number of fused-ring (bicyclic) bond motifs is 5. The van der Waals surface area contributed by atoms with E-state index in [4.69, 9.17) is 0 Å². The van der Waals surface area contributed by atoms with Gasteiger partial charge in [0.25, 0.3) is 5.56 Å². The van der Waals surface area contributed by atoms with Gasteiger partial charge >= 0.3 is 0 Å². The maximum absolute atomic E-state index is 14.8. The number of aromatic nitrogens is 2. The van der Waals surface area contributed by atoms with Crippen LogP contribution in [0.3, 0.4) is 0 Å². The van der Waals surface area contributed by atoms with Crippen LogP contribution in [-0.2, 0) is 0 Å². The van der Waals surface area contributed by atoms with Crippen molar-refractivity contribution in [1.29, 1.82) is 0 Å². The van der Waals surface area contributed by atoms with Gasteiger partial charge in [-0.15, -0.1) is 0 Å². The molecule has 66 heavy (non-hydrogen) atoms. The zero-order valence-electron chi connectivity index (χ0n) is 35.9. The van der Waals surface area contributed by atoms with Crippen LogP contribution in [0.25, 0.3) is 106 Å². The van der Waals surface area contributed by atoms with Crippen LogP contribution in [0.2, 0.25) is 0 Å². The summed E-state index contributed by atoms with van der Waals surface area (Å²) in [5.74, 6) is 0. The lowest BCUT2D eigenvalue weighted by Crippen LogP contribution is -2.21. The molecule has 0 radical (unpaired) electrons. The Balaban J connectivity index is 1.04. The van der Waals surface area contributed by atoms with Crippen molar-refractivity contribution in [3.05, 3.63) is 259 Å². The van der Waals surface area contributed by atoms with Crippen molar-refractivity contribution in [2.24, 2.45) is 0 Å². The van der Waals surface area contributed by atoms with E-state index in [1.165, 1.54) is 4.68 Å². The summed E-state index contributed by atoms with van der Waals surface area (Å²) in [6, 6.07) is 84.4. The van der Waals surface area contributed by atoms with Crippen molar-refractivity contribution >= 4 is 10.9 Å². The molecule has 10 aromatic carbocycles. The Hall–Kier alpha value is -8.57. The van der Waals surface area contributed by atoms with E-state index in [2.05, 4.69) is 194 Å². The largest absolute Gasteiger partial charge is 0.368 e. The van der Waals surface area contributed by atoms with E-state index < -0.39 is 6.23 Å². The molecule has 0 aliphatic carbocycles. The van der Waals surface area contributed by atoms with Crippen LogP contribution in [0.15, 0.2) is 247 Å². The number of hydrogen-bond donors (Lipinski definition) is 1. The van der Waals surface area contributed by atoms with Crippen LogP contribution in [0.1, 0.15) is 11.8 Å². The second-order valence-corrected chi connectivity index (χ2v) is 16.9. The molecule has 0 saturated heterocycles. The average molecular weight is 847 g/mol. The first-order valence-electron chi connectivity index (χ1n) is 22.4. The number of nitrogens with zero attached hydrogens (tertiary/aromatic N) is 2. The summed E-state index contributed by atoms with van der Waals surface area (Å²) >= 11 is 0. The third-order valence-corrected chi connectivity index (χ3v) is 13.1. The van der Waals surface area contributed by atoms with Gasteiger partial charge in [-0.2, -0.15) is 0 Å². The molecule has 12 rings (SSSR count). The normalized spacial score (nSPS) is 12.8. The molecule has 0 spiro atoms. The minimum atomic E-state index is -1.20. The minimum Gasteiger partial charge on any atom is -0.368 e. The Morgan fingerprint density at radius 3 is 1.08 bits per heavy atom. The number of benzene rings is 10. The van der Waals surface area contributed by atoms with Crippen LogP contribution >= 0.6 is 0 Å². The van der Waals surface area contributed by atoms with Gasteiger partial charge in [-0.3, -0.25) is 4.79 Å². The molecule has 4 heteroatoms. The Morgan fingerprint density at radius 1 is 0.333 bits per heavy atom. The molecule has 4 nitrogen and oxygen atoms in total. The quantitative estimate of drug-likeness (QED) is 0.166. The number of aliphatic hydroxyl groups excluding tert-OH is 1. The molecule has 1 atom stereocenters. The van der Waals surface area contributed by atoms with Crippen molar-refractivity contribution in [1.82, 2.24) is 9.36 Å². The summed E-state index contributed by atoms with van der Waals surface area (Å²) < 4.78 is 3.40. The van der Waals surface area contributed by atoms with E-state index in [1.807, 2.05) is 53.2 Å². The first-order valence-corrected chi connectivity index (χ1v) is 22.4. The van der Waals surface area contributed by atoms with E-state index in [0.717, 1.165) is 100 Å². The Labute approximate surface area is 383 Å². The van der Waals surface area contributed by atoms with E-state index in [1.54, 1.807) is 0 Å². The van der Waals surface area contributed by atoms with Gasteiger partial charge in [-0.25, -0.2) is 9.36 Å². The smallest absolute Gasteiger partial charge is 0.277 e. The van der Waals surface area contributed by atoms with E-state index in [0.29, 0.717) is 10.9 Å². The van der Waals surface area contributed by atoms with Crippen LogP contribution < -0.4 is 5.56 Å². The van der Waals surface area contributed by atoms with Crippen LogP contribution in [-0.4, -0.2) is 14.5 Å². The molecule has 312 valence electrons. The van der Waals surface area contributed by atoms with Crippen molar-refractivity contribution in [2.45, 2.75) is 6.23 Å². The number of hydrogen-bond acceptors (Lipinski definition) is 2. The van der Waals surface area contributed by atoms with Gasteiger partial charge in [0.1, 0.15) is 0 Å². The molecular formula is C62H42N2O2. The van der Waals surface area contributed by atoms with E-state index in [9.17, 15) is 9.90 Å². The summed E-state index contributed by atoms with van der Waals surface area (Å²) in [5, 5.41) is 12.8. The van der Waals surface area contributed by atoms with Crippen molar-refractivity contribution < 1.29 is 5.11 Å². The van der Waals surface area contributed by atoms with E-state index >= 15 is 0 Å². The lowest BCUT2D eigenvalue weighted by atomic mass is 9.84. The molecule has 2 heterocycles. The summed E-state index contributed by atoms with van der Waals surface area (Å²) in [5.41, 5.74) is 19.1. The second kappa shape index (κ2) is 16.2. The molecule has 1 unspecified atom stereocenters. The monoisotopic (exact) mass is 846 g/mol. The molecule has 0 saturated carbocycles. The Bertz CT molecular complexity index is 3520. The molecule has 11 aromatic rings. The lowest BCUT2D eigenvalue weighted by Gasteiger charge is -2.20. The van der Waals surface area contributed by atoms with Gasteiger partial charge in [0.2, 0.25) is 0 Å². The van der Waals surface area contributed by atoms with Gasteiger partial charge in [0, 0.05) is 5.56 Å². The first-order chi connectivity index (χ1) is 32.6. The highest BCUT2D eigenvalue weighted by molar-refractivity contribution is 6.01. The minimum absolute atomic E-state index is 0.248. The molecule has 1 aromatic heterocycles. The molecule has 1 aliphatic heterocycles. The zero-order valence-corrected chi connectivity index (χ0v) is 35.9. The fourth-order valence-corrected chi connectivity index (χ4v) is 9.97. The third kappa shape index (κ3) is 6.63. The highest BCUT2D eigenvalue weighted by atomic mass is 16.3. The van der Waals surface area contributed by atoms with Crippen LogP contribution in [0, 0.1) is 0 Å². The maximum atomic E-state index is 14.8. The molecule has 1 N–H and O–H groups in total. The first kappa shape index (κ1) is 39.1. The summed E-state index contributed by atoms with van der Waals surface area (Å²) in [7, 11) is 0. The van der Waals surface area contributed by atoms with Gasteiger partial charge in [0.05, 0.1) is 16.6 Å². The predicted octanol–water partition coefficient (Wildman–Crippen LogP) is 15.0. The second-order valence-electron chi connectivity index (χ2n) is 16.9. The van der Waals surface area contributed by atoms with Gasteiger partial charge < -0.3 is 5.11 Å². The molecule has 0 amide bonds. The highest BCUT2D eigenvalue weighted by Crippen LogP contribution is 2.47. The molecule has 1 aliphatic rings. The highest BCUT2D eigenvalue weighted by Gasteiger charge is 2.32. The Morgan fingerprint density at radius 2 is 0.682 bits per heavy atom. The maximum Gasteiger partial charge on any atom is 0.277 e. The zero-order chi connectivity index (χ0) is 44.1. The fourth-order valence-electron chi connectivity index (χ4n) is 9.97. The summed E-state index contributed by atoms with van der Waals surface area (Å²) in [6.07, 6.45) is -1.20. The predicted molar refractivity (Wildman–Crippen MR) is 271 cm³/mol. The standard InChI is InChI=1S/C62H42N2O2/c65-61-55-35-47(59-51(43-23-11-3-12-24-43)37-49(41-19-7-1-8-20-41)38-52(59)44-25-13-4-14-26-44)31-33-57(55)63-58-34-32-48(36-56(58)62(66)64(61)63)60-53(45-27-15-5-16-28-45)39-50(42-21-9-2-10-22-42)40-54(60)46-29-17-6-18-30-46/h1-40,61,65H. The Kier molecular flexibility index (Phi) is 9.59. The average Bonchev–Trinajstić information content (AvgIpc) is 3.86. The van der Waals surface area contributed by atoms with Crippen molar-refractivity contribution in [3.63, 3.8) is 0 Å². The van der Waals surface area contributed by atoms with Crippen molar-refractivity contribution in [2.75, 3.05) is 0 Å². The number of aliphatic hydroxyl groups is 1. The molecule has 0 bridgehead atoms. The third-order valence-electron chi connectivity index (χ3n) is 13.1. The van der Waals surface area contributed by atoms with Gasteiger partial charge in [-0.1, -0.05) is 194 Å². The van der Waals surface area contributed by atoms with E-state index in [-0.39, 0.29) is 5.56 Å². The van der Waals surface area contributed by atoms with Crippen LogP contribution in [0.5, 0.6) is 0 Å². The summed E-state index contributed by atoms with van der Waals surface area (Å²) in [6.45, 7) is 0. The molecule has 0 fully saturated rings. The molecular weight excluding hydrogens is 805 g/mol. The van der Waals surface area contributed by atoms with Gasteiger partial charge in [0.15, 0.2) is 6.23 Å². The topological polar surface area (TPSA) is 47.2 Å². The summed E-state index contributed by atoms with van der Waals surface area (Å²) in [4.78, 5) is 14.8. The SMILES string of the molecule is O=c1c2cc(-c3c(-c4ccccc4)cc(-c4ccccc4)cc3-c3ccccc3)ccc2n2n1C(O)c1cc(-c3c(-c4ccccc4)cc(-c4ccccc4)cc3-c3ccccc3)ccc1-2. The van der Waals surface area contributed by atoms with Crippen molar-refractivity contribution in [3.8, 4) is 94.7 Å². The lowest BCUT2D eigenvalue weighted by molar-refractivity contribution is 0.135. The van der Waals surface area contributed by atoms with Crippen LogP contribution in [0.4, 0.5) is 0 Å². The number of rotatable bonds is 8. The van der Waals surface area contributed by atoms with Gasteiger partial charge in [-0.05, 0) is 138 Å².